The van der Waals surface area contributed by atoms with Crippen LogP contribution in [0.4, 0.5) is 47.6 Å². The number of ketones is 1. The average Bonchev–Trinajstić information content (AvgIpc) is 4.05. The summed E-state index contributed by atoms with van der Waals surface area (Å²) in [4.78, 5) is 91.6. The molecular weight excluding hydrogens is 1000 g/mol. The van der Waals surface area contributed by atoms with Gasteiger partial charge in [0.05, 0.1) is 42.6 Å². The van der Waals surface area contributed by atoms with Crippen molar-refractivity contribution in [2.45, 2.75) is 32.7 Å². The number of H-pyrrole nitrogens is 1. The molecule has 5 aromatic heterocycles. The number of hydrogen-bond donors (Lipinski definition) is 7. The molecule has 0 atom stereocenters. The van der Waals surface area contributed by atoms with Crippen LogP contribution < -0.4 is 32.4 Å². The number of aliphatic hydroxyl groups is 2. The summed E-state index contributed by atoms with van der Waals surface area (Å²) in [6.07, 6.45) is -6.58. The number of aromatic amines is 1. The second-order valence-corrected chi connectivity index (χ2v) is 17.0. The Morgan fingerprint density at radius 1 is 0.667 bits per heavy atom. The van der Waals surface area contributed by atoms with Gasteiger partial charge in [-0.2, -0.15) is 26.3 Å². The fourth-order valence-electron chi connectivity index (χ4n) is 7.21. The number of β-amino-alcohol motifs (C(OH)–C–C–N with tert-alkyl or cyclic N) is 1. The van der Waals surface area contributed by atoms with E-state index in [0.29, 0.717) is 35.3 Å². The van der Waals surface area contributed by atoms with Crippen molar-refractivity contribution in [2.75, 3.05) is 50.0 Å². The highest BCUT2D eigenvalue weighted by molar-refractivity contribution is 7.13. The molecule has 6 heterocycles. The molecule has 27 heteroatoms. The van der Waals surface area contributed by atoms with Crippen molar-refractivity contribution in [2.24, 2.45) is 0 Å². The van der Waals surface area contributed by atoms with Gasteiger partial charge >= 0.3 is 24.4 Å². The summed E-state index contributed by atoms with van der Waals surface area (Å²) in [6.45, 7) is 3.19. The zero-order valence-electron chi connectivity index (χ0n) is 37.5. The summed E-state index contributed by atoms with van der Waals surface area (Å²) >= 11 is 1.53. The molecule has 0 fully saturated rings. The summed E-state index contributed by atoms with van der Waals surface area (Å²) in [5.74, 6) is -0.573. The van der Waals surface area contributed by atoms with Crippen molar-refractivity contribution < 1.29 is 55.7 Å². The topological polar surface area (TPSA) is 267 Å². The summed E-state index contributed by atoms with van der Waals surface area (Å²) in [5.41, 5.74) is -0.895. The van der Waals surface area contributed by atoms with E-state index in [1.165, 1.54) is 59.8 Å². The molecule has 2 aromatic carbocycles. The van der Waals surface area contributed by atoms with E-state index < -0.39 is 52.8 Å². The number of aromatic nitrogens is 6. The number of thiazole rings is 2. The number of anilines is 2. The first-order valence-electron chi connectivity index (χ1n) is 21.4. The first kappa shape index (κ1) is 52.0. The molecule has 0 saturated heterocycles. The number of Topliss-reactive ketones (excluding diaryl/α,β-unsaturated/α-hetero) is 1. The Morgan fingerprint density at radius 2 is 1.18 bits per heavy atom. The smallest absolute Gasteiger partial charge is 0.395 e. The zero-order chi connectivity index (χ0) is 52.1. The van der Waals surface area contributed by atoms with Crippen LogP contribution in [0.5, 0.6) is 0 Å². The third-order valence-corrected chi connectivity index (χ3v) is 12.2. The number of rotatable bonds is 12. The number of carbonyl (C=O) groups is 4. The van der Waals surface area contributed by atoms with Gasteiger partial charge in [0.25, 0.3) is 17.0 Å². The van der Waals surface area contributed by atoms with Crippen LogP contribution in [-0.2, 0) is 18.9 Å². The Hall–Kier alpha value is -7.88. The molecule has 0 aliphatic carbocycles. The number of halogens is 6. The Balaban J connectivity index is 0.000000211. The number of amides is 5. The van der Waals surface area contributed by atoms with E-state index in [1.54, 1.807) is 19.9 Å². The van der Waals surface area contributed by atoms with Gasteiger partial charge in [0.1, 0.15) is 21.7 Å². The predicted molar refractivity (Wildman–Crippen MR) is 254 cm³/mol. The number of alkyl halides is 6. The number of nitrogens with one attached hydrogen (secondary N) is 5. The van der Waals surface area contributed by atoms with Gasteiger partial charge in [-0.05, 0) is 61.4 Å². The summed E-state index contributed by atoms with van der Waals surface area (Å²) in [7, 11) is 0. The molecular formula is C45H39F6N11O8S2. The molecule has 0 bridgehead atoms. The highest BCUT2D eigenvalue weighted by Crippen LogP contribution is 2.41. The van der Waals surface area contributed by atoms with Crippen LogP contribution in [-0.4, -0.2) is 108 Å². The van der Waals surface area contributed by atoms with Gasteiger partial charge < -0.3 is 25.7 Å². The first-order chi connectivity index (χ1) is 34.2. The van der Waals surface area contributed by atoms with Crippen LogP contribution in [0.15, 0.2) is 81.3 Å². The van der Waals surface area contributed by atoms with Crippen molar-refractivity contribution in [3.05, 3.63) is 115 Å². The van der Waals surface area contributed by atoms with E-state index in [1.807, 2.05) is 0 Å². The third kappa shape index (κ3) is 11.5. The van der Waals surface area contributed by atoms with E-state index in [-0.39, 0.29) is 93.3 Å². The minimum absolute atomic E-state index is 0.0161. The Bertz CT molecular complexity index is 3340. The van der Waals surface area contributed by atoms with Crippen molar-refractivity contribution in [3.8, 4) is 43.4 Å². The number of benzene rings is 2. The molecule has 8 rings (SSSR count). The second kappa shape index (κ2) is 21.6. The maximum atomic E-state index is 13.2. The molecule has 7 aromatic rings. The fourth-order valence-corrected chi connectivity index (χ4v) is 8.93. The molecule has 1 aliphatic rings. The van der Waals surface area contributed by atoms with E-state index in [2.05, 4.69) is 46.3 Å². The van der Waals surface area contributed by atoms with Crippen molar-refractivity contribution >= 4 is 68.8 Å². The number of nitrogens with zero attached hydrogens (tertiary/aromatic N) is 6. The predicted octanol–water partition coefficient (Wildman–Crippen LogP) is 6.69. The quantitative estimate of drug-likeness (QED) is 0.0631. The Labute approximate surface area is 409 Å². The Morgan fingerprint density at radius 3 is 1.67 bits per heavy atom. The lowest BCUT2D eigenvalue weighted by Gasteiger charge is -2.27. The highest BCUT2D eigenvalue weighted by Gasteiger charge is 2.36. The first-order valence-corrected chi connectivity index (χ1v) is 23.1. The highest BCUT2D eigenvalue weighted by atomic mass is 32.1. The number of aliphatic hydroxyl groups excluding tert-OH is 2. The number of carbonyl (C=O) groups excluding carboxylic acids is 4. The summed E-state index contributed by atoms with van der Waals surface area (Å²) in [6, 6.07) is 10.6. The fraction of sp³-hybridized carbons (Fsp3) is 0.244. The van der Waals surface area contributed by atoms with Gasteiger partial charge in [-0.1, -0.05) is 12.1 Å². The molecule has 19 nitrogen and oxygen atoms in total. The van der Waals surface area contributed by atoms with Gasteiger partial charge in [0.15, 0.2) is 17.2 Å². The number of fused-ring (bicyclic) bond motifs is 2. The van der Waals surface area contributed by atoms with Crippen LogP contribution in [0.2, 0.25) is 0 Å². The lowest BCUT2D eigenvalue weighted by Crippen LogP contribution is -2.42. The molecule has 1 aliphatic heterocycles. The normalized spacial score (nSPS) is 12.6. The van der Waals surface area contributed by atoms with Gasteiger partial charge in [0.2, 0.25) is 0 Å². The zero-order valence-corrected chi connectivity index (χ0v) is 39.1. The number of hydrogen-bond acceptors (Lipinski definition) is 14. The van der Waals surface area contributed by atoms with Crippen LogP contribution >= 0.6 is 22.7 Å². The van der Waals surface area contributed by atoms with Gasteiger partial charge in [0, 0.05) is 70.6 Å². The number of urea groups is 2. The van der Waals surface area contributed by atoms with Crippen LogP contribution in [0, 0.1) is 0 Å². The number of pyridine rings is 2. The largest absolute Gasteiger partial charge is 0.434 e. The van der Waals surface area contributed by atoms with Gasteiger partial charge in [-0.3, -0.25) is 34.9 Å². The minimum Gasteiger partial charge on any atom is -0.395 e. The molecule has 0 unspecified atom stereocenters. The second-order valence-electron chi connectivity index (χ2n) is 15.3. The monoisotopic (exact) mass is 1040 g/mol. The molecule has 0 spiro atoms. The lowest BCUT2D eigenvalue weighted by molar-refractivity contribution is -0.141. The third-order valence-electron chi connectivity index (χ3n) is 10.5. The van der Waals surface area contributed by atoms with E-state index in [0.717, 1.165) is 38.1 Å². The molecule has 5 amide bonds. The lowest BCUT2D eigenvalue weighted by atomic mass is 9.92. The van der Waals surface area contributed by atoms with Crippen molar-refractivity contribution in [3.63, 3.8) is 0 Å². The van der Waals surface area contributed by atoms with Crippen molar-refractivity contribution in [1.82, 2.24) is 45.2 Å². The maximum absolute atomic E-state index is 13.2. The molecule has 0 radical (unpaired) electrons. The van der Waals surface area contributed by atoms with Crippen LogP contribution in [0.3, 0.4) is 0 Å². The van der Waals surface area contributed by atoms with Gasteiger partial charge in [-0.25, -0.2) is 34.2 Å². The SMILES string of the molecule is CCNC(=O)Nc1cc(-c2nc(C(F)(F)F)cs2)c(-c2ccc3c(=O)[nH]n(CCO)c(=O)c3c2)cn1.CCNC(=O)Nc1cc(-c2nc(C(F)(F)F)cs2)c(-c2ccc3c(c2)C(=O)CN(CCO)C3=O)cn1. The van der Waals surface area contributed by atoms with E-state index >= 15 is 0 Å². The van der Waals surface area contributed by atoms with Crippen molar-refractivity contribution in [1.29, 1.82) is 0 Å². The van der Waals surface area contributed by atoms with Crippen LogP contribution in [0.1, 0.15) is 46.0 Å². The van der Waals surface area contributed by atoms with E-state index in [4.69, 9.17) is 5.11 Å². The molecule has 72 heavy (non-hydrogen) atoms. The summed E-state index contributed by atoms with van der Waals surface area (Å²) in [5, 5.41) is 32.8. The standard InChI is InChI=1S/C23H20F3N5O4S.C22H19F3N6O4S/c1-2-27-22(35)30-19-8-15(20-29-18(11-36-20)23(24,25)26)16(9-28-19)12-3-4-13-14(7-12)17(33)10-31(5-6-32)21(13)34;1-2-26-21(35)29-17-8-13(19-28-16(10-36-19)22(23,24)25)15(9-27-17)11-3-4-12-14(7-11)20(34)31(5-6-32)30-18(12)33/h3-4,7-9,11,32H,2,5-6,10H2,1H3,(H2,27,28,30,35);3-4,7-10,32H,2,5-6H2,1H3,(H,30,33)(H2,26,27,29,35). The minimum atomic E-state index is -4.65. The van der Waals surface area contributed by atoms with E-state index in [9.17, 15) is 60.2 Å². The molecule has 7 N–H and O–H groups in total. The van der Waals surface area contributed by atoms with Gasteiger partial charge in [-0.15, -0.1) is 22.7 Å². The van der Waals surface area contributed by atoms with Crippen LogP contribution in [0.25, 0.3) is 54.2 Å². The maximum Gasteiger partial charge on any atom is 0.434 e. The molecule has 376 valence electrons. The average molecular weight is 1040 g/mol. The molecule has 0 saturated carbocycles. The Kier molecular flexibility index (Phi) is 15.6. The summed E-state index contributed by atoms with van der Waals surface area (Å²) < 4.78 is 80.2.